The molecule has 0 aliphatic carbocycles. The lowest BCUT2D eigenvalue weighted by molar-refractivity contribution is 0.0160. The Labute approximate surface area is 169 Å². The summed E-state index contributed by atoms with van der Waals surface area (Å²) in [6, 6.07) is 12.1. The van der Waals surface area contributed by atoms with E-state index in [2.05, 4.69) is 15.2 Å². The summed E-state index contributed by atoms with van der Waals surface area (Å²) in [5, 5.41) is 3.43. The van der Waals surface area contributed by atoms with Crippen molar-refractivity contribution in [1.82, 2.24) is 19.6 Å². The lowest BCUT2D eigenvalue weighted by Gasteiger charge is -2.35. The predicted octanol–water partition coefficient (Wildman–Crippen LogP) is 2.31. The van der Waals surface area contributed by atoms with Crippen LogP contribution in [-0.4, -0.2) is 47.1 Å². The molecule has 0 bridgehead atoms. The number of hydrogen-bond donors (Lipinski definition) is 1. The van der Waals surface area contributed by atoms with Crippen molar-refractivity contribution in [2.24, 2.45) is 0 Å². The van der Waals surface area contributed by atoms with Crippen LogP contribution in [0.25, 0.3) is 5.65 Å². The van der Waals surface area contributed by atoms with Gasteiger partial charge in [0, 0.05) is 44.5 Å². The van der Waals surface area contributed by atoms with Crippen LogP contribution in [0.15, 0.2) is 53.5 Å². The van der Waals surface area contributed by atoms with E-state index >= 15 is 0 Å². The van der Waals surface area contributed by atoms with E-state index in [1.807, 2.05) is 31.2 Å². The Kier molecular flexibility index (Phi) is 5.99. The summed E-state index contributed by atoms with van der Waals surface area (Å²) >= 11 is 0. The second-order valence-corrected chi connectivity index (χ2v) is 7.36. The minimum absolute atomic E-state index is 0.0879. The molecule has 2 aromatic heterocycles. The van der Waals surface area contributed by atoms with Crippen molar-refractivity contribution in [2.75, 3.05) is 32.8 Å². The van der Waals surface area contributed by atoms with Gasteiger partial charge < -0.3 is 10.1 Å². The molecule has 6 nitrogen and oxygen atoms in total. The number of morpholine rings is 1. The van der Waals surface area contributed by atoms with Gasteiger partial charge in [-0.05, 0) is 42.3 Å². The van der Waals surface area contributed by atoms with Crippen LogP contribution in [0.2, 0.25) is 0 Å². The van der Waals surface area contributed by atoms with Crippen molar-refractivity contribution in [3.05, 3.63) is 81.7 Å². The predicted molar refractivity (Wildman–Crippen MR) is 109 cm³/mol. The van der Waals surface area contributed by atoms with Gasteiger partial charge in [-0.15, -0.1) is 0 Å². The molecular formula is C22H25FN4O2. The highest BCUT2D eigenvalue weighted by molar-refractivity contribution is 5.41. The zero-order chi connectivity index (χ0) is 20.2. The standard InChI is InChI=1S/C22H25FN4O2/c1-16-6-7-27-21(12-16)25-19(13-22(27)28)14-24-15-20(26-8-10-29-11-9-26)17-2-4-18(23)5-3-17/h2-7,12-13,20,24H,8-11,14-15H2,1H3. The molecule has 1 aromatic carbocycles. The highest BCUT2D eigenvalue weighted by atomic mass is 19.1. The van der Waals surface area contributed by atoms with Gasteiger partial charge in [0.2, 0.25) is 0 Å². The molecule has 7 heteroatoms. The molecule has 1 unspecified atom stereocenters. The van der Waals surface area contributed by atoms with Crippen molar-refractivity contribution in [3.8, 4) is 0 Å². The van der Waals surface area contributed by atoms with Gasteiger partial charge >= 0.3 is 0 Å². The molecule has 0 amide bonds. The Hall–Kier alpha value is -2.61. The molecule has 0 radical (unpaired) electrons. The minimum Gasteiger partial charge on any atom is -0.379 e. The number of pyridine rings is 1. The van der Waals surface area contributed by atoms with Crippen LogP contribution in [0.5, 0.6) is 0 Å². The number of ether oxygens (including phenoxy) is 1. The Bertz CT molecular complexity index is 1030. The largest absolute Gasteiger partial charge is 0.379 e. The van der Waals surface area contributed by atoms with Gasteiger partial charge in [-0.3, -0.25) is 14.1 Å². The molecule has 1 saturated heterocycles. The monoisotopic (exact) mass is 396 g/mol. The summed E-state index contributed by atoms with van der Waals surface area (Å²) in [4.78, 5) is 19.3. The first-order valence-electron chi connectivity index (χ1n) is 9.87. The summed E-state index contributed by atoms with van der Waals surface area (Å²) in [5.41, 5.74) is 3.39. The molecule has 1 aliphatic heterocycles. The van der Waals surface area contributed by atoms with E-state index in [1.54, 1.807) is 16.7 Å². The average molecular weight is 396 g/mol. The Morgan fingerprint density at radius 2 is 1.93 bits per heavy atom. The summed E-state index contributed by atoms with van der Waals surface area (Å²) in [7, 11) is 0. The van der Waals surface area contributed by atoms with Crippen LogP contribution in [0, 0.1) is 12.7 Å². The maximum Gasteiger partial charge on any atom is 0.258 e. The Balaban J connectivity index is 1.49. The van der Waals surface area contributed by atoms with Crippen molar-refractivity contribution in [1.29, 1.82) is 0 Å². The number of benzene rings is 1. The number of nitrogens with one attached hydrogen (secondary N) is 1. The molecule has 3 heterocycles. The van der Waals surface area contributed by atoms with Crippen molar-refractivity contribution in [2.45, 2.75) is 19.5 Å². The van der Waals surface area contributed by atoms with Gasteiger partial charge in [-0.1, -0.05) is 12.1 Å². The molecule has 1 N–H and O–H groups in total. The minimum atomic E-state index is -0.237. The van der Waals surface area contributed by atoms with E-state index in [-0.39, 0.29) is 17.4 Å². The molecule has 4 rings (SSSR count). The van der Waals surface area contributed by atoms with Gasteiger partial charge in [0.05, 0.1) is 18.9 Å². The quantitative estimate of drug-likeness (QED) is 0.693. The van der Waals surface area contributed by atoms with Crippen LogP contribution < -0.4 is 10.9 Å². The highest BCUT2D eigenvalue weighted by Crippen LogP contribution is 2.21. The fraction of sp³-hybridized carbons (Fsp3) is 0.364. The molecule has 29 heavy (non-hydrogen) atoms. The Morgan fingerprint density at radius 1 is 1.17 bits per heavy atom. The van der Waals surface area contributed by atoms with Gasteiger partial charge in [0.15, 0.2) is 0 Å². The SMILES string of the molecule is Cc1ccn2c(=O)cc(CNCC(c3ccc(F)cc3)N3CCOCC3)nc2c1. The first-order valence-corrected chi connectivity index (χ1v) is 9.87. The zero-order valence-corrected chi connectivity index (χ0v) is 16.5. The Morgan fingerprint density at radius 3 is 2.69 bits per heavy atom. The highest BCUT2D eigenvalue weighted by Gasteiger charge is 2.22. The molecule has 3 aromatic rings. The summed E-state index contributed by atoms with van der Waals surface area (Å²) in [6.07, 6.45) is 1.75. The third-order valence-corrected chi connectivity index (χ3v) is 5.26. The topological polar surface area (TPSA) is 58.9 Å². The second-order valence-electron chi connectivity index (χ2n) is 7.36. The average Bonchev–Trinajstić information content (AvgIpc) is 2.72. The second kappa shape index (κ2) is 8.82. The van der Waals surface area contributed by atoms with Crippen molar-refractivity contribution >= 4 is 5.65 Å². The fourth-order valence-corrected chi connectivity index (χ4v) is 3.71. The molecule has 0 saturated carbocycles. The molecular weight excluding hydrogens is 371 g/mol. The number of aryl methyl sites for hydroxylation is 1. The normalized spacial score (nSPS) is 16.2. The van der Waals surface area contributed by atoms with Crippen LogP contribution in [0.3, 0.4) is 0 Å². The van der Waals surface area contributed by atoms with Crippen molar-refractivity contribution in [3.63, 3.8) is 0 Å². The number of rotatable bonds is 6. The lowest BCUT2D eigenvalue weighted by atomic mass is 10.0. The van der Waals surface area contributed by atoms with E-state index in [0.717, 1.165) is 24.2 Å². The lowest BCUT2D eigenvalue weighted by Crippen LogP contribution is -2.42. The van der Waals surface area contributed by atoms with Crippen LogP contribution in [0.4, 0.5) is 4.39 Å². The summed E-state index contributed by atoms with van der Waals surface area (Å²) in [5.74, 6) is -0.237. The van der Waals surface area contributed by atoms with E-state index in [9.17, 15) is 9.18 Å². The number of hydrogen-bond acceptors (Lipinski definition) is 5. The molecule has 0 spiro atoms. The smallest absolute Gasteiger partial charge is 0.258 e. The van der Waals surface area contributed by atoms with Crippen LogP contribution in [0.1, 0.15) is 22.9 Å². The number of fused-ring (bicyclic) bond motifs is 1. The first-order chi connectivity index (χ1) is 14.1. The number of halogens is 1. The zero-order valence-electron chi connectivity index (χ0n) is 16.5. The van der Waals surface area contributed by atoms with E-state index in [0.29, 0.717) is 37.6 Å². The van der Waals surface area contributed by atoms with Crippen LogP contribution >= 0.6 is 0 Å². The van der Waals surface area contributed by atoms with Gasteiger partial charge in [-0.25, -0.2) is 9.37 Å². The van der Waals surface area contributed by atoms with E-state index < -0.39 is 0 Å². The molecule has 1 fully saturated rings. The van der Waals surface area contributed by atoms with Crippen LogP contribution in [-0.2, 0) is 11.3 Å². The van der Waals surface area contributed by atoms with Gasteiger partial charge in [0.25, 0.3) is 5.56 Å². The summed E-state index contributed by atoms with van der Waals surface area (Å²) < 4.78 is 20.4. The summed E-state index contributed by atoms with van der Waals surface area (Å²) in [6.45, 7) is 6.19. The molecule has 152 valence electrons. The fourth-order valence-electron chi connectivity index (χ4n) is 3.71. The van der Waals surface area contributed by atoms with E-state index in [1.165, 1.54) is 12.1 Å². The maximum absolute atomic E-state index is 13.4. The number of aromatic nitrogens is 2. The number of nitrogens with zero attached hydrogens (tertiary/aromatic N) is 3. The van der Waals surface area contributed by atoms with Gasteiger partial charge in [0.1, 0.15) is 11.5 Å². The van der Waals surface area contributed by atoms with Gasteiger partial charge in [-0.2, -0.15) is 0 Å². The third-order valence-electron chi connectivity index (χ3n) is 5.26. The maximum atomic E-state index is 13.4. The third kappa shape index (κ3) is 4.70. The molecule has 1 atom stereocenters. The van der Waals surface area contributed by atoms with E-state index in [4.69, 9.17) is 4.74 Å². The first kappa shape index (κ1) is 19.7. The van der Waals surface area contributed by atoms with Crippen molar-refractivity contribution < 1.29 is 9.13 Å². The molecule has 1 aliphatic rings.